The molecule has 2 fully saturated rings. The van der Waals surface area contributed by atoms with E-state index in [1.807, 2.05) is 52.0 Å². The van der Waals surface area contributed by atoms with Crippen LogP contribution in [0.5, 0.6) is 0 Å². The monoisotopic (exact) mass is 331 g/mol. The number of hydrogen-bond acceptors (Lipinski definition) is 4. The van der Waals surface area contributed by atoms with Gasteiger partial charge in [-0.15, -0.1) is 0 Å². The van der Waals surface area contributed by atoms with Crippen LogP contribution in [0.3, 0.4) is 0 Å². The minimum atomic E-state index is -0.400. The van der Waals surface area contributed by atoms with E-state index in [1.165, 1.54) is 0 Å². The molecule has 3 rings (SSSR count). The summed E-state index contributed by atoms with van der Waals surface area (Å²) in [6.07, 6.45) is 1.02. The molecule has 1 amide bonds. The molecule has 1 atom stereocenters. The van der Waals surface area contributed by atoms with Gasteiger partial charge in [0.05, 0.1) is 17.8 Å². The zero-order valence-electron chi connectivity index (χ0n) is 14.9. The summed E-state index contributed by atoms with van der Waals surface area (Å²) in [7, 11) is -0.400. The molecule has 0 aromatic heterocycles. The van der Waals surface area contributed by atoms with Crippen molar-refractivity contribution in [3.05, 3.63) is 29.8 Å². The number of ether oxygens (including phenoxy) is 1. The Morgan fingerprint density at radius 2 is 1.79 bits per heavy atom. The maximum atomic E-state index is 12.2. The quantitative estimate of drug-likeness (QED) is 0.854. The highest BCUT2D eigenvalue weighted by Gasteiger charge is 2.51. The molecule has 130 valence electrons. The van der Waals surface area contributed by atoms with Gasteiger partial charge in [-0.2, -0.15) is 0 Å². The van der Waals surface area contributed by atoms with Crippen molar-refractivity contribution in [3.8, 4) is 0 Å². The number of nitrogens with one attached hydrogen (secondary N) is 1. The lowest BCUT2D eigenvalue weighted by atomic mass is 9.79. The van der Waals surface area contributed by atoms with Crippen molar-refractivity contribution in [1.82, 2.24) is 5.32 Å². The Morgan fingerprint density at radius 3 is 2.33 bits per heavy atom. The molecule has 0 saturated carbocycles. The van der Waals surface area contributed by atoms with Gasteiger partial charge in [0.15, 0.2) is 0 Å². The maximum Gasteiger partial charge on any atom is 0.494 e. The SMILES string of the molecule is CC1(C)OB(c2ccc(C(=O)NCC3CCOC3)cc2)OC1(C)C. The third kappa shape index (κ3) is 3.51. The zero-order chi connectivity index (χ0) is 17.4. The molecule has 1 N–H and O–H groups in total. The molecule has 6 heteroatoms. The highest BCUT2D eigenvalue weighted by Crippen LogP contribution is 2.36. The van der Waals surface area contributed by atoms with Gasteiger partial charge in [-0.25, -0.2) is 0 Å². The number of rotatable bonds is 4. The molecule has 2 aliphatic heterocycles. The fraction of sp³-hybridized carbons (Fsp3) is 0.611. The van der Waals surface area contributed by atoms with Gasteiger partial charge in [-0.05, 0) is 51.7 Å². The molecule has 0 aliphatic carbocycles. The largest absolute Gasteiger partial charge is 0.494 e. The van der Waals surface area contributed by atoms with Crippen molar-refractivity contribution in [1.29, 1.82) is 0 Å². The Labute approximate surface area is 144 Å². The summed E-state index contributed by atoms with van der Waals surface area (Å²) < 4.78 is 17.4. The van der Waals surface area contributed by atoms with E-state index < -0.39 is 7.12 Å². The van der Waals surface area contributed by atoms with Crippen molar-refractivity contribution in [2.75, 3.05) is 19.8 Å². The molecular weight excluding hydrogens is 305 g/mol. The Hall–Kier alpha value is -1.37. The van der Waals surface area contributed by atoms with Gasteiger partial charge in [0.2, 0.25) is 0 Å². The zero-order valence-corrected chi connectivity index (χ0v) is 14.9. The summed E-state index contributed by atoms with van der Waals surface area (Å²) in [5, 5.41) is 2.97. The van der Waals surface area contributed by atoms with Crippen LogP contribution in [0.15, 0.2) is 24.3 Å². The van der Waals surface area contributed by atoms with Gasteiger partial charge in [0.1, 0.15) is 0 Å². The van der Waals surface area contributed by atoms with Crippen LogP contribution in [0.1, 0.15) is 44.5 Å². The van der Waals surface area contributed by atoms with Gasteiger partial charge in [0, 0.05) is 24.6 Å². The van der Waals surface area contributed by atoms with Crippen LogP contribution in [0.4, 0.5) is 0 Å². The minimum Gasteiger partial charge on any atom is -0.399 e. The molecule has 0 spiro atoms. The summed E-state index contributed by atoms with van der Waals surface area (Å²) in [5.41, 5.74) is 0.845. The van der Waals surface area contributed by atoms with E-state index in [0.29, 0.717) is 18.0 Å². The summed E-state index contributed by atoms with van der Waals surface area (Å²) >= 11 is 0. The summed E-state index contributed by atoms with van der Waals surface area (Å²) in [4.78, 5) is 12.2. The molecule has 5 nitrogen and oxygen atoms in total. The van der Waals surface area contributed by atoms with Gasteiger partial charge in [0.25, 0.3) is 5.91 Å². The first-order valence-corrected chi connectivity index (χ1v) is 8.60. The lowest BCUT2D eigenvalue weighted by molar-refractivity contribution is 0.00578. The lowest BCUT2D eigenvalue weighted by Crippen LogP contribution is -2.41. The third-order valence-corrected chi connectivity index (χ3v) is 5.27. The van der Waals surface area contributed by atoms with E-state index >= 15 is 0 Å². The first-order chi connectivity index (χ1) is 11.3. The second-order valence-electron chi connectivity index (χ2n) is 7.65. The molecule has 2 heterocycles. The molecule has 2 aliphatic rings. The number of carbonyl (C=O) groups is 1. The van der Waals surface area contributed by atoms with Crippen LogP contribution in [0, 0.1) is 5.92 Å². The van der Waals surface area contributed by atoms with E-state index in [1.54, 1.807) is 0 Å². The van der Waals surface area contributed by atoms with Crippen molar-refractivity contribution in [2.24, 2.45) is 5.92 Å². The molecule has 24 heavy (non-hydrogen) atoms. The maximum absolute atomic E-state index is 12.2. The van der Waals surface area contributed by atoms with Crippen molar-refractivity contribution < 1.29 is 18.8 Å². The Morgan fingerprint density at radius 1 is 1.17 bits per heavy atom. The average Bonchev–Trinajstić information content (AvgIpc) is 3.11. The van der Waals surface area contributed by atoms with Crippen LogP contribution in [0.25, 0.3) is 0 Å². The fourth-order valence-corrected chi connectivity index (χ4v) is 2.85. The van der Waals surface area contributed by atoms with Crippen molar-refractivity contribution in [2.45, 2.75) is 45.3 Å². The predicted molar refractivity (Wildman–Crippen MR) is 93.4 cm³/mol. The molecule has 1 aromatic rings. The predicted octanol–water partition coefficient (Wildman–Crippen LogP) is 1.75. The first kappa shape index (κ1) is 17.5. The Balaban J connectivity index is 1.60. The number of benzene rings is 1. The van der Waals surface area contributed by atoms with Gasteiger partial charge in [-0.1, -0.05) is 12.1 Å². The lowest BCUT2D eigenvalue weighted by Gasteiger charge is -2.32. The van der Waals surface area contributed by atoms with E-state index in [2.05, 4.69) is 5.32 Å². The summed E-state index contributed by atoms with van der Waals surface area (Å²) in [6, 6.07) is 7.44. The first-order valence-electron chi connectivity index (χ1n) is 8.60. The normalized spacial score (nSPS) is 25.0. The van der Waals surface area contributed by atoms with Crippen LogP contribution >= 0.6 is 0 Å². The van der Waals surface area contributed by atoms with Gasteiger partial charge >= 0.3 is 7.12 Å². The smallest absolute Gasteiger partial charge is 0.399 e. The second-order valence-corrected chi connectivity index (χ2v) is 7.65. The molecule has 1 unspecified atom stereocenters. The van der Waals surface area contributed by atoms with Gasteiger partial charge in [-0.3, -0.25) is 4.79 Å². The van der Waals surface area contributed by atoms with E-state index in [4.69, 9.17) is 14.0 Å². The van der Waals surface area contributed by atoms with E-state index in [9.17, 15) is 4.79 Å². The van der Waals surface area contributed by atoms with Crippen LogP contribution in [-0.2, 0) is 14.0 Å². The van der Waals surface area contributed by atoms with Crippen molar-refractivity contribution in [3.63, 3.8) is 0 Å². The van der Waals surface area contributed by atoms with E-state index in [-0.39, 0.29) is 17.1 Å². The number of amides is 1. The fourth-order valence-electron chi connectivity index (χ4n) is 2.85. The topological polar surface area (TPSA) is 56.8 Å². The Kier molecular flexibility index (Phi) is 4.73. The number of hydrogen-bond donors (Lipinski definition) is 1. The minimum absolute atomic E-state index is 0.0534. The van der Waals surface area contributed by atoms with Gasteiger partial charge < -0.3 is 19.4 Å². The summed E-state index contributed by atoms with van der Waals surface area (Å²) in [5.74, 6) is 0.375. The Bertz CT molecular complexity index is 578. The van der Waals surface area contributed by atoms with Crippen molar-refractivity contribution >= 4 is 18.5 Å². The molecule has 1 aromatic carbocycles. The van der Waals surface area contributed by atoms with Crippen LogP contribution < -0.4 is 10.8 Å². The van der Waals surface area contributed by atoms with Crippen LogP contribution in [0.2, 0.25) is 0 Å². The van der Waals surface area contributed by atoms with Crippen LogP contribution in [-0.4, -0.2) is 44.0 Å². The standard InChI is InChI=1S/C18H26BNO4/c1-17(2)18(3,4)24-19(23-17)15-7-5-14(6-8-15)16(21)20-11-13-9-10-22-12-13/h5-8,13H,9-12H2,1-4H3,(H,20,21). The highest BCUT2D eigenvalue weighted by atomic mass is 16.7. The molecule has 0 bridgehead atoms. The average molecular weight is 331 g/mol. The summed E-state index contributed by atoms with van der Waals surface area (Å²) in [6.45, 7) is 10.3. The molecule has 2 saturated heterocycles. The molecule has 0 radical (unpaired) electrons. The van der Waals surface area contributed by atoms with E-state index in [0.717, 1.165) is 25.1 Å². The second kappa shape index (κ2) is 6.50. The number of carbonyl (C=O) groups excluding carboxylic acids is 1. The molecular formula is C18H26BNO4. The highest BCUT2D eigenvalue weighted by molar-refractivity contribution is 6.62. The third-order valence-electron chi connectivity index (χ3n) is 5.27.